The number of methoxy groups -OCH3 is 2. The first-order valence-corrected chi connectivity index (χ1v) is 12.3. The zero-order valence-corrected chi connectivity index (χ0v) is 19.7. The Morgan fingerprint density at radius 3 is 2.39 bits per heavy atom. The van der Waals surface area contributed by atoms with Gasteiger partial charge in [-0.05, 0) is 24.3 Å². The summed E-state index contributed by atoms with van der Waals surface area (Å²) in [6.07, 6.45) is 1.43. The number of ether oxygens (including phenoxy) is 2. The summed E-state index contributed by atoms with van der Waals surface area (Å²) in [6, 6.07) is 10.7. The molecule has 1 amide bonds. The Morgan fingerprint density at radius 1 is 1.03 bits per heavy atom. The highest BCUT2D eigenvalue weighted by Crippen LogP contribution is 2.31. The van der Waals surface area contributed by atoms with Crippen molar-refractivity contribution in [2.24, 2.45) is 0 Å². The Bertz CT molecular complexity index is 1270. The Balaban J connectivity index is 1.45. The van der Waals surface area contributed by atoms with E-state index in [1.54, 1.807) is 29.2 Å². The van der Waals surface area contributed by atoms with E-state index < -0.39 is 15.8 Å². The van der Waals surface area contributed by atoms with Crippen LogP contribution in [0.2, 0.25) is 0 Å². The second-order valence-electron chi connectivity index (χ2n) is 7.22. The predicted octanol–water partition coefficient (Wildman–Crippen LogP) is 3.11. The third-order valence-electron chi connectivity index (χ3n) is 5.34. The van der Waals surface area contributed by atoms with Crippen LogP contribution in [0.15, 0.2) is 53.6 Å². The molecule has 1 aliphatic heterocycles. The lowest BCUT2D eigenvalue weighted by Gasteiger charge is -2.33. The molecule has 2 heterocycles. The maximum absolute atomic E-state index is 14.0. The van der Waals surface area contributed by atoms with Crippen LogP contribution in [-0.2, 0) is 10.0 Å². The zero-order valence-electron chi connectivity index (χ0n) is 18.0. The first-order valence-electron chi connectivity index (χ1n) is 10.1. The van der Waals surface area contributed by atoms with Crippen molar-refractivity contribution in [3.63, 3.8) is 0 Å². The summed E-state index contributed by atoms with van der Waals surface area (Å²) in [5, 5.41) is 0.422. The van der Waals surface area contributed by atoms with Crippen LogP contribution < -0.4 is 9.47 Å². The van der Waals surface area contributed by atoms with E-state index in [0.717, 1.165) is 11.3 Å². The maximum atomic E-state index is 14.0. The van der Waals surface area contributed by atoms with Gasteiger partial charge in [0.15, 0.2) is 11.5 Å². The Hall–Kier alpha value is -3.02. The SMILES string of the molecule is COc1ccc(S(=O)(=O)N2CCN(C(=O)c3cnc(-c4ccccc4F)s3)CC2)cc1OC. The van der Waals surface area contributed by atoms with Crippen LogP contribution in [0.25, 0.3) is 10.6 Å². The molecule has 2 aromatic carbocycles. The smallest absolute Gasteiger partial charge is 0.265 e. The van der Waals surface area contributed by atoms with Gasteiger partial charge in [-0.3, -0.25) is 4.79 Å². The quantitative estimate of drug-likeness (QED) is 0.527. The molecule has 174 valence electrons. The predicted molar refractivity (Wildman–Crippen MR) is 122 cm³/mol. The summed E-state index contributed by atoms with van der Waals surface area (Å²) >= 11 is 1.11. The number of benzene rings is 2. The molecule has 0 aliphatic carbocycles. The minimum Gasteiger partial charge on any atom is -0.493 e. The van der Waals surface area contributed by atoms with Crippen molar-refractivity contribution in [1.82, 2.24) is 14.2 Å². The fourth-order valence-electron chi connectivity index (χ4n) is 3.55. The molecule has 4 rings (SSSR count). The minimum absolute atomic E-state index is 0.0944. The molecule has 0 saturated carbocycles. The number of sulfonamides is 1. The molecule has 0 spiro atoms. The van der Waals surface area contributed by atoms with Gasteiger partial charge in [-0.15, -0.1) is 11.3 Å². The van der Waals surface area contributed by atoms with Crippen molar-refractivity contribution in [3.8, 4) is 22.1 Å². The zero-order chi connectivity index (χ0) is 23.6. The fraction of sp³-hybridized carbons (Fsp3) is 0.273. The lowest BCUT2D eigenvalue weighted by molar-refractivity contribution is 0.0702. The number of hydrogen-bond donors (Lipinski definition) is 0. The molecule has 1 aromatic heterocycles. The number of halogens is 1. The van der Waals surface area contributed by atoms with Gasteiger partial charge in [-0.2, -0.15) is 4.31 Å². The highest BCUT2D eigenvalue weighted by atomic mass is 32.2. The molecule has 0 N–H and O–H groups in total. The van der Waals surface area contributed by atoms with Crippen molar-refractivity contribution < 1.29 is 27.1 Å². The van der Waals surface area contributed by atoms with Crippen LogP contribution in [-0.4, -0.2) is 68.9 Å². The highest BCUT2D eigenvalue weighted by Gasteiger charge is 2.31. The van der Waals surface area contributed by atoms with Gasteiger partial charge in [0.05, 0.1) is 25.3 Å². The second kappa shape index (κ2) is 9.46. The van der Waals surface area contributed by atoms with Crippen LogP contribution in [0.5, 0.6) is 11.5 Å². The van der Waals surface area contributed by atoms with E-state index in [9.17, 15) is 17.6 Å². The van der Waals surface area contributed by atoms with Crippen LogP contribution >= 0.6 is 11.3 Å². The van der Waals surface area contributed by atoms with Crippen molar-refractivity contribution >= 4 is 27.3 Å². The number of aromatic nitrogens is 1. The van der Waals surface area contributed by atoms with Crippen molar-refractivity contribution in [1.29, 1.82) is 0 Å². The molecule has 1 fully saturated rings. The molecular formula is C22H22FN3O5S2. The van der Waals surface area contributed by atoms with E-state index in [0.29, 0.717) is 26.9 Å². The molecule has 0 atom stereocenters. The third-order valence-corrected chi connectivity index (χ3v) is 8.25. The van der Waals surface area contributed by atoms with E-state index in [1.807, 2.05) is 0 Å². The largest absolute Gasteiger partial charge is 0.493 e. The Labute approximate surface area is 195 Å². The molecule has 3 aromatic rings. The van der Waals surface area contributed by atoms with Crippen molar-refractivity contribution in [2.45, 2.75) is 4.90 Å². The average molecular weight is 492 g/mol. The number of carbonyl (C=O) groups is 1. The van der Waals surface area contributed by atoms with Crippen LogP contribution in [0.3, 0.4) is 0 Å². The standard InChI is InChI=1S/C22H22FN3O5S2/c1-30-18-8-7-15(13-19(18)31-2)33(28,29)26-11-9-25(10-12-26)22(27)20-14-24-21(32-20)16-5-3-4-6-17(16)23/h3-8,13-14H,9-12H2,1-2H3. The van der Waals surface area contributed by atoms with Gasteiger partial charge in [0, 0.05) is 37.8 Å². The molecular weight excluding hydrogens is 469 g/mol. The molecule has 1 aliphatic rings. The first kappa shape index (κ1) is 23.1. The number of piperazine rings is 1. The van der Waals surface area contributed by atoms with E-state index in [4.69, 9.17) is 9.47 Å². The molecule has 8 nitrogen and oxygen atoms in total. The van der Waals surface area contributed by atoms with Gasteiger partial charge in [0.1, 0.15) is 15.7 Å². The summed E-state index contributed by atoms with van der Waals surface area (Å²) in [4.78, 5) is 19.2. The Morgan fingerprint density at radius 2 is 1.73 bits per heavy atom. The van der Waals surface area contributed by atoms with Gasteiger partial charge in [0.25, 0.3) is 5.91 Å². The van der Waals surface area contributed by atoms with Crippen LogP contribution in [0, 0.1) is 5.82 Å². The number of nitrogens with zero attached hydrogens (tertiary/aromatic N) is 3. The van der Waals surface area contributed by atoms with Crippen molar-refractivity contribution in [3.05, 3.63) is 59.4 Å². The summed E-state index contributed by atoms with van der Waals surface area (Å²) < 4.78 is 51.9. The van der Waals surface area contributed by atoms with Gasteiger partial charge >= 0.3 is 0 Å². The van der Waals surface area contributed by atoms with E-state index >= 15 is 0 Å². The molecule has 11 heteroatoms. The average Bonchev–Trinajstić information content (AvgIpc) is 3.33. The number of hydrogen-bond acceptors (Lipinski definition) is 7. The molecule has 1 saturated heterocycles. The number of carbonyl (C=O) groups excluding carboxylic acids is 1. The van der Waals surface area contributed by atoms with Crippen LogP contribution in [0.1, 0.15) is 9.67 Å². The van der Waals surface area contributed by atoms with Gasteiger partial charge in [0.2, 0.25) is 10.0 Å². The summed E-state index contributed by atoms with van der Waals surface area (Å²) in [6.45, 7) is 0.777. The van der Waals surface area contributed by atoms with Crippen LogP contribution in [0.4, 0.5) is 4.39 Å². The fourth-order valence-corrected chi connectivity index (χ4v) is 5.89. The maximum Gasteiger partial charge on any atom is 0.265 e. The lowest BCUT2D eigenvalue weighted by atomic mass is 10.2. The van der Waals surface area contributed by atoms with E-state index in [1.165, 1.54) is 42.9 Å². The Kier molecular flexibility index (Phi) is 6.63. The minimum atomic E-state index is -3.76. The summed E-state index contributed by atoms with van der Waals surface area (Å²) in [5.41, 5.74) is 0.340. The molecule has 0 bridgehead atoms. The number of amides is 1. The molecule has 0 unspecified atom stereocenters. The van der Waals surface area contributed by atoms with Gasteiger partial charge in [-0.1, -0.05) is 12.1 Å². The molecule has 0 radical (unpaired) electrons. The summed E-state index contributed by atoms with van der Waals surface area (Å²) in [7, 11) is -0.845. The normalized spacial score (nSPS) is 14.8. The third kappa shape index (κ3) is 4.56. The first-order chi connectivity index (χ1) is 15.8. The monoisotopic (exact) mass is 491 g/mol. The number of rotatable bonds is 6. The summed E-state index contributed by atoms with van der Waals surface area (Å²) in [5.74, 6) is 0.104. The van der Waals surface area contributed by atoms with Gasteiger partial charge in [-0.25, -0.2) is 17.8 Å². The van der Waals surface area contributed by atoms with Crippen molar-refractivity contribution in [2.75, 3.05) is 40.4 Å². The topological polar surface area (TPSA) is 89.0 Å². The lowest BCUT2D eigenvalue weighted by Crippen LogP contribution is -2.50. The van der Waals surface area contributed by atoms with Gasteiger partial charge < -0.3 is 14.4 Å². The van der Waals surface area contributed by atoms with E-state index in [-0.39, 0.29) is 37.0 Å². The highest BCUT2D eigenvalue weighted by molar-refractivity contribution is 7.89. The second-order valence-corrected chi connectivity index (χ2v) is 10.2. The number of thiazole rings is 1. The van der Waals surface area contributed by atoms with E-state index in [2.05, 4.69) is 4.98 Å². The molecule has 33 heavy (non-hydrogen) atoms.